The minimum Gasteiger partial charge on any atom is -0.426 e. The molecule has 2 nitrogen and oxygen atoms in total. The lowest BCUT2D eigenvalue weighted by molar-refractivity contribution is -0.134. The Balaban J connectivity index is 2.58. The van der Waals surface area contributed by atoms with Gasteiger partial charge in [0.05, 0.1) is 0 Å². The molecule has 0 aromatic heterocycles. The predicted octanol–water partition coefficient (Wildman–Crippen LogP) is 2.53. The third-order valence-corrected chi connectivity index (χ3v) is 1.48. The molecular formula is C10H11FO2. The second-order valence-corrected chi connectivity index (χ2v) is 2.68. The molecule has 0 spiro atoms. The summed E-state index contributed by atoms with van der Waals surface area (Å²) < 4.78 is 17.5. The van der Waals surface area contributed by atoms with E-state index in [4.69, 9.17) is 4.74 Å². The molecule has 1 rings (SSSR count). The zero-order chi connectivity index (χ0) is 9.68. The Morgan fingerprint density at radius 1 is 1.54 bits per heavy atom. The summed E-state index contributed by atoms with van der Waals surface area (Å²) in [6.45, 7) is 1.88. The maximum atomic E-state index is 12.6. The van der Waals surface area contributed by atoms with Gasteiger partial charge >= 0.3 is 5.97 Å². The minimum absolute atomic E-state index is 0.262. The van der Waals surface area contributed by atoms with Crippen molar-refractivity contribution in [3.05, 3.63) is 30.1 Å². The van der Waals surface area contributed by atoms with Gasteiger partial charge < -0.3 is 4.74 Å². The number of hydrogen-bond donors (Lipinski definition) is 0. The molecule has 0 heterocycles. The lowest BCUT2D eigenvalue weighted by atomic mass is 10.3. The van der Waals surface area contributed by atoms with Gasteiger partial charge in [0.2, 0.25) is 0 Å². The average molecular weight is 182 g/mol. The van der Waals surface area contributed by atoms with Crippen molar-refractivity contribution >= 4 is 5.97 Å². The molecule has 0 unspecified atom stereocenters. The first-order valence-electron chi connectivity index (χ1n) is 4.18. The van der Waals surface area contributed by atoms with Crippen LogP contribution in [0.15, 0.2) is 24.3 Å². The molecule has 0 atom stereocenters. The summed E-state index contributed by atoms with van der Waals surface area (Å²) >= 11 is 0. The normalized spacial score (nSPS) is 9.69. The minimum atomic E-state index is -0.401. The van der Waals surface area contributed by atoms with Crippen molar-refractivity contribution in [2.75, 3.05) is 0 Å². The molecule has 70 valence electrons. The number of hydrogen-bond acceptors (Lipinski definition) is 2. The summed E-state index contributed by atoms with van der Waals surface area (Å²) in [5, 5.41) is 0. The van der Waals surface area contributed by atoms with Crippen molar-refractivity contribution < 1.29 is 13.9 Å². The molecule has 0 fully saturated rings. The van der Waals surface area contributed by atoms with E-state index in [1.54, 1.807) is 6.07 Å². The van der Waals surface area contributed by atoms with Gasteiger partial charge in [0.25, 0.3) is 0 Å². The number of carbonyl (C=O) groups is 1. The summed E-state index contributed by atoms with van der Waals surface area (Å²) in [7, 11) is 0. The first-order chi connectivity index (χ1) is 6.22. The summed E-state index contributed by atoms with van der Waals surface area (Å²) in [5.41, 5.74) is 0. The summed E-state index contributed by atoms with van der Waals surface area (Å²) in [4.78, 5) is 11.0. The van der Waals surface area contributed by atoms with Gasteiger partial charge in [0.1, 0.15) is 11.6 Å². The van der Waals surface area contributed by atoms with E-state index >= 15 is 0 Å². The third kappa shape index (κ3) is 3.23. The monoisotopic (exact) mass is 182 g/mol. The van der Waals surface area contributed by atoms with Crippen molar-refractivity contribution in [3.63, 3.8) is 0 Å². The quantitative estimate of drug-likeness (QED) is 0.530. The van der Waals surface area contributed by atoms with E-state index < -0.39 is 5.82 Å². The number of esters is 1. The molecule has 0 aliphatic rings. The lowest BCUT2D eigenvalue weighted by Gasteiger charge is -2.02. The summed E-state index contributed by atoms with van der Waals surface area (Å²) in [5.74, 6) is -0.464. The Morgan fingerprint density at radius 2 is 2.31 bits per heavy atom. The zero-order valence-electron chi connectivity index (χ0n) is 7.42. The number of carbonyl (C=O) groups excluding carboxylic acids is 1. The molecule has 13 heavy (non-hydrogen) atoms. The molecule has 0 aliphatic carbocycles. The second kappa shape index (κ2) is 4.60. The van der Waals surface area contributed by atoms with Crippen LogP contribution in [0.1, 0.15) is 19.8 Å². The number of benzene rings is 1. The predicted molar refractivity (Wildman–Crippen MR) is 46.9 cm³/mol. The van der Waals surface area contributed by atoms with Gasteiger partial charge in [-0.25, -0.2) is 4.39 Å². The van der Waals surface area contributed by atoms with Crippen LogP contribution < -0.4 is 4.74 Å². The van der Waals surface area contributed by atoms with Crippen molar-refractivity contribution in [1.82, 2.24) is 0 Å². The molecule has 0 saturated heterocycles. The molecule has 1 aromatic rings. The van der Waals surface area contributed by atoms with Crippen LogP contribution in [0.5, 0.6) is 5.75 Å². The van der Waals surface area contributed by atoms with Crippen molar-refractivity contribution in [2.45, 2.75) is 19.8 Å². The van der Waals surface area contributed by atoms with Crippen LogP contribution in [0, 0.1) is 5.82 Å². The van der Waals surface area contributed by atoms with Gasteiger partial charge in [0, 0.05) is 12.5 Å². The van der Waals surface area contributed by atoms with E-state index in [1.807, 2.05) is 6.92 Å². The van der Waals surface area contributed by atoms with Gasteiger partial charge in [-0.3, -0.25) is 4.79 Å². The molecule has 0 aliphatic heterocycles. The third-order valence-electron chi connectivity index (χ3n) is 1.48. The smallest absolute Gasteiger partial charge is 0.311 e. The van der Waals surface area contributed by atoms with Crippen LogP contribution in [-0.2, 0) is 4.79 Å². The second-order valence-electron chi connectivity index (χ2n) is 2.68. The van der Waals surface area contributed by atoms with E-state index in [-0.39, 0.29) is 11.7 Å². The molecule has 0 amide bonds. The Kier molecular flexibility index (Phi) is 3.43. The largest absolute Gasteiger partial charge is 0.426 e. The lowest BCUT2D eigenvalue weighted by Crippen LogP contribution is -2.06. The standard InChI is InChI=1S/C10H11FO2/c1-2-4-10(12)13-9-6-3-5-8(11)7-9/h3,5-7H,2,4H2,1H3. The maximum absolute atomic E-state index is 12.6. The van der Waals surface area contributed by atoms with Gasteiger partial charge in [-0.05, 0) is 18.6 Å². The Labute approximate surface area is 76.3 Å². The Bertz CT molecular complexity index is 297. The van der Waals surface area contributed by atoms with Crippen molar-refractivity contribution in [1.29, 1.82) is 0 Å². The van der Waals surface area contributed by atoms with E-state index in [2.05, 4.69) is 0 Å². The van der Waals surface area contributed by atoms with E-state index in [9.17, 15) is 9.18 Å². The van der Waals surface area contributed by atoms with E-state index in [0.717, 1.165) is 6.42 Å². The fourth-order valence-electron chi connectivity index (χ4n) is 0.917. The van der Waals surface area contributed by atoms with Crippen LogP contribution in [0.3, 0.4) is 0 Å². The number of halogens is 1. The molecule has 0 N–H and O–H groups in total. The van der Waals surface area contributed by atoms with Crippen LogP contribution in [-0.4, -0.2) is 5.97 Å². The highest BCUT2D eigenvalue weighted by molar-refractivity contribution is 5.72. The molecule has 0 saturated carbocycles. The first kappa shape index (κ1) is 9.71. The van der Waals surface area contributed by atoms with Gasteiger partial charge in [0.15, 0.2) is 0 Å². The summed E-state index contributed by atoms with van der Waals surface area (Å²) in [6, 6.07) is 5.55. The topological polar surface area (TPSA) is 26.3 Å². The molecule has 3 heteroatoms. The molecule has 1 aromatic carbocycles. The van der Waals surface area contributed by atoms with Crippen LogP contribution >= 0.6 is 0 Å². The highest BCUT2D eigenvalue weighted by atomic mass is 19.1. The van der Waals surface area contributed by atoms with Crippen LogP contribution in [0.25, 0.3) is 0 Å². The van der Waals surface area contributed by atoms with Gasteiger partial charge in [-0.1, -0.05) is 13.0 Å². The summed E-state index contributed by atoms with van der Waals surface area (Å²) in [6.07, 6.45) is 1.09. The molecule has 0 radical (unpaired) electrons. The fourth-order valence-corrected chi connectivity index (χ4v) is 0.917. The maximum Gasteiger partial charge on any atom is 0.311 e. The van der Waals surface area contributed by atoms with Crippen LogP contribution in [0.2, 0.25) is 0 Å². The molecular weight excluding hydrogens is 171 g/mol. The van der Waals surface area contributed by atoms with E-state index in [1.165, 1.54) is 18.2 Å². The first-order valence-corrected chi connectivity index (χ1v) is 4.18. The Morgan fingerprint density at radius 3 is 2.92 bits per heavy atom. The molecule has 0 bridgehead atoms. The zero-order valence-corrected chi connectivity index (χ0v) is 7.42. The average Bonchev–Trinajstić information content (AvgIpc) is 2.04. The SMILES string of the molecule is CCCC(=O)Oc1cccc(F)c1. The van der Waals surface area contributed by atoms with Gasteiger partial charge in [-0.2, -0.15) is 0 Å². The number of ether oxygens (including phenoxy) is 1. The highest BCUT2D eigenvalue weighted by Crippen LogP contribution is 2.12. The highest BCUT2D eigenvalue weighted by Gasteiger charge is 2.03. The fraction of sp³-hybridized carbons (Fsp3) is 0.300. The van der Waals surface area contributed by atoms with Gasteiger partial charge in [-0.15, -0.1) is 0 Å². The Hall–Kier alpha value is -1.38. The van der Waals surface area contributed by atoms with E-state index in [0.29, 0.717) is 6.42 Å². The van der Waals surface area contributed by atoms with Crippen LogP contribution in [0.4, 0.5) is 4.39 Å². The number of rotatable bonds is 3. The van der Waals surface area contributed by atoms with Crippen molar-refractivity contribution in [2.24, 2.45) is 0 Å². The van der Waals surface area contributed by atoms with Crippen molar-refractivity contribution in [3.8, 4) is 5.75 Å².